The van der Waals surface area contributed by atoms with Crippen molar-refractivity contribution in [1.82, 2.24) is 0 Å². The van der Waals surface area contributed by atoms with Gasteiger partial charge in [-0.1, -0.05) is 24.6 Å². The first-order valence-electron chi connectivity index (χ1n) is 8.48. The molecule has 0 unspecified atom stereocenters. The highest BCUT2D eigenvalue weighted by molar-refractivity contribution is 9.10. The van der Waals surface area contributed by atoms with Crippen LogP contribution in [0.1, 0.15) is 34.8 Å². The number of nitrogens with one attached hydrogen (secondary N) is 1. The van der Waals surface area contributed by atoms with E-state index in [1.54, 1.807) is 30.3 Å². The van der Waals surface area contributed by atoms with Crippen LogP contribution in [-0.2, 0) is 9.53 Å². The zero-order valence-electron chi connectivity index (χ0n) is 15.4. The summed E-state index contributed by atoms with van der Waals surface area (Å²) in [5.74, 6) is -0.215. The van der Waals surface area contributed by atoms with Gasteiger partial charge in [0.25, 0.3) is 5.91 Å². The van der Waals surface area contributed by atoms with E-state index in [0.717, 1.165) is 17.5 Å². The molecule has 144 valence electrons. The van der Waals surface area contributed by atoms with Gasteiger partial charge >= 0.3 is 5.97 Å². The van der Waals surface area contributed by atoms with Gasteiger partial charge in [0.05, 0.1) is 16.6 Å². The third kappa shape index (κ3) is 5.71. The van der Waals surface area contributed by atoms with Crippen molar-refractivity contribution < 1.29 is 19.1 Å². The summed E-state index contributed by atoms with van der Waals surface area (Å²) in [5.41, 5.74) is 2.60. The minimum Gasteiger partial charge on any atom is -0.483 e. The van der Waals surface area contributed by atoms with Crippen LogP contribution in [0.4, 0.5) is 5.69 Å². The second kappa shape index (κ2) is 9.76. The summed E-state index contributed by atoms with van der Waals surface area (Å²) in [7, 11) is 0. The number of halogens is 2. The van der Waals surface area contributed by atoms with Crippen molar-refractivity contribution in [3.63, 3.8) is 0 Å². The fourth-order valence-electron chi connectivity index (χ4n) is 2.35. The average molecular weight is 455 g/mol. The maximum atomic E-state index is 12.2. The standard InChI is InChI=1S/C20H21BrClNO4/c1-4-8-26-20(25)14-6-5-7-15(10-14)23-17(24)11-27-16-9-12(2)19(22)13(3)18(16)21/h5-7,9-10H,4,8,11H2,1-3H3,(H,23,24). The van der Waals surface area contributed by atoms with Gasteiger partial charge in [-0.05, 0) is 71.6 Å². The molecule has 1 amide bonds. The summed E-state index contributed by atoms with van der Waals surface area (Å²) in [6.07, 6.45) is 0.749. The fraction of sp³-hybridized carbons (Fsp3) is 0.300. The van der Waals surface area contributed by atoms with Crippen LogP contribution in [0.25, 0.3) is 0 Å². The van der Waals surface area contributed by atoms with Gasteiger partial charge in [0, 0.05) is 10.7 Å². The Bertz CT molecular complexity index is 854. The fourth-order valence-corrected chi connectivity index (χ4v) is 3.04. The Hall–Kier alpha value is -2.05. The van der Waals surface area contributed by atoms with E-state index >= 15 is 0 Å². The molecule has 0 fully saturated rings. The van der Waals surface area contributed by atoms with Crippen molar-refractivity contribution in [2.45, 2.75) is 27.2 Å². The number of carbonyl (C=O) groups excluding carboxylic acids is 2. The van der Waals surface area contributed by atoms with E-state index in [4.69, 9.17) is 21.1 Å². The lowest BCUT2D eigenvalue weighted by molar-refractivity contribution is -0.118. The molecule has 2 aromatic rings. The highest BCUT2D eigenvalue weighted by Gasteiger charge is 2.13. The SMILES string of the molecule is CCCOC(=O)c1cccc(NC(=O)COc2cc(C)c(Cl)c(C)c2Br)c1. The minimum absolute atomic E-state index is 0.177. The molecule has 0 heterocycles. The molecule has 5 nitrogen and oxygen atoms in total. The predicted molar refractivity (Wildman–Crippen MR) is 110 cm³/mol. The van der Waals surface area contributed by atoms with Gasteiger partial charge in [0.1, 0.15) is 5.75 Å². The van der Waals surface area contributed by atoms with E-state index in [1.807, 2.05) is 20.8 Å². The second-order valence-corrected chi connectivity index (χ2v) is 7.17. The number of amides is 1. The molecule has 0 aliphatic rings. The predicted octanol–water partition coefficient (Wildman–Crippen LogP) is 5.30. The molecule has 0 saturated carbocycles. The first-order valence-corrected chi connectivity index (χ1v) is 9.65. The van der Waals surface area contributed by atoms with Crippen molar-refractivity contribution in [3.05, 3.63) is 56.5 Å². The van der Waals surface area contributed by atoms with E-state index in [1.165, 1.54) is 0 Å². The summed E-state index contributed by atoms with van der Waals surface area (Å²) >= 11 is 9.63. The molecule has 0 atom stereocenters. The van der Waals surface area contributed by atoms with Crippen LogP contribution in [0, 0.1) is 13.8 Å². The van der Waals surface area contributed by atoms with Crippen LogP contribution in [-0.4, -0.2) is 25.1 Å². The van der Waals surface area contributed by atoms with Gasteiger partial charge in [0.2, 0.25) is 0 Å². The number of hydrogen-bond acceptors (Lipinski definition) is 4. The maximum Gasteiger partial charge on any atom is 0.338 e. The number of carbonyl (C=O) groups is 2. The molecule has 0 spiro atoms. The van der Waals surface area contributed by atoms with Crippen molar-refractivity contribution in [3.8, 4) is 5.75 Å². The Balaban J connectivity index is 2.00. The van der Waals surface area contributed by atoms with Crippen LogP contribution in [0.2, 0.25) is 5.02 Å². The van der Waals surface area contributed by atoms with Crippen LogP contribution >= 0.6 is 27.5 Å². The summed E-state index contributed by atoms with van der Waals surface area (Å²) in [4.78, 5) is 24.1. The summed E-state index contributed by atoms with van der Waals surface area (Å²) in [6, 6.07) is 8.36. The lowest BCUT2D eigenvalue weighted by atomic mass is 10.1. The molecule has 0 aliphatic heterocycles. The van der Waals surface area contributed by atoms with Crippen LogP contribution < -0.4 is 10.1 Å². The Morgan fingerprint density at radius 2 is 1.96 bits per heavy atom. The Labute approximate surface area is 172 Å². The molecule has 7 heteroatoms. The summed E-state index contributed by atoms with van der Waals surface area (Å²) in [5, 5.41) is 3.37. The van der Waals surface area contributed by atoms with Gasteiger partial charge in [0.15, 0.2) is 6.61 Å². The zero-order chi connectivity index (χ0) is 20.0. The Kier molecular flexibility index (Phi) is 7.68. The minimum atomic E-state index is -0.416. The van der Waals surface area contributed by atoms with Gasteiger partial charge in [-0.2, -0.15) is 0 Å². The quantitative estimate of drug-likeness (QED) is 0.576. The van der Waals surface area contributed by atoms with Crippen molar-refractivity contribution in [2.75, 3.05) is 18.5 Å². The Morgan fingerprint density at radius 3 is 2.67 bits per heavy atom. The van der Waals surface area contributed by atoms with E-state index in [-0.39, 0.29) is 12.5 Å². The largest absolute Gasteiger partial charge is 0.483 e. The number of hydrogen-bond donors (Lipinski definition) is 1. The highest BCUT2D eigenvalue weighted by atomic mass is 79.9. The lowest BCUT2D eigenvalue weighted by Gasteiger charge is -2.13. The first kappa shape index (κ1) is 21.3. The van der Waals surface area contributed by atoms with Crippen LogP contribution in [0.15, 0.2) is 34.8 Å². The average Bonchev–Trinajstić information content (AvgIpc) is 2.66. The normalized spacial score (nSPS) is 10.4. The third-order valence-electron chi connectivity index (χ3n) is 3.75. The van der Waals surface area contributed by atoms with Gasteiger partial charge < -0.3 is 14.8 Å². The van der Waals surface area contributed by atoms with Gasteiger partial charge in [-0.15, -0.1) is 0 Å². The summed E-state index contributed by atoms with van der Waals surface area (Å²) in [6.45, 7) is 5.85. The monoisotopic (exact) mass is 453 g/mol. The van der Waals surface area contributed by atoms with Crippen LogP contribution in [0.5, 0.6) is 5.75 Å². The van der Waals surface area contributed by atoms with Crippen molar-refractivity contribution in [2.24, 2.45) is 0 Å². The van der Waals surface area contributed by atoms with Crippen LogP contribution in [0.3, 0.4) is 0 Å². The van der Waals surface area contributed by atoms with Gasteiger partial charge in [-0.25, -0.2) is 4.79 Å². The molecule has 27 heavy (non-hydrogen) atoms. The first-order chi connectivity index (χ1) is 12.8. The highest BCUT2D eigenvalue weighted by Crippen LogP contribution is 2.35. The maximum absolute atomic E-state index is 12.2. The number of aryl methyl sites for hydroxylation is 1. The van der Waals surface area contributed by atoms with Gasteiger partial charge in [-0.3, -0.25) is 4.79 Å². The number of benzene rings is 2. The molecule has 0 aromatic heterocycles. The van der Waals surface area contributed by atoms with Crippen molar-refractivity contribution in [1.29, 1.82) is 0 Å². The van der Waals surface area contributed by atoms with E-state index < -0.39 is 5.97 Å². The molecule has 0 radical (unpaired) electrons. The Morgan fingerprint density at radius 1 is 1.22 bits per heavy atom. The molecule has 1 N–H and O–H groups in total. The van der Waals surface area contributed by atoms with Crippen molar-refractivity contribution >= 4 is 45.1 Å². The van der Waals surface area contributed by atoms with E-state index in [0.29, 0.717) is 33.1 Å². The smallest absolute Gasteiger partial charge is 0.338 e. The molecule has 0 aliphatic carbocycles. The molecule has 2 rings (SSSR count). The molecular weight excluding hydrogens is 434 g/mol. The van der Waals surface area contributed by atoms with E-state index in [9.17, 15) is 9.59 Å². The molecule has 0 bridgehead atoms. The number of rotatable bonds is 7. The number of esters is 1. The topological polar surface area (TPSA) is 64.6 Å². The van der Waals surface area contributed by atoms with E-state index in [2.05, 4.69) is 21.2 Å². The third-order valence-corrected chi connectivity index (χ3v) is 5.31. The summed E-state index contributed by atoms with van der Waals surface area (Å²) < 4.78 is 11.4. The molecule has 2 aromatic carbocycles. The lowest BCUT2D eigenvalue weighted by Crippen LogP contribution is -2.20. The molecule has 0 saturated heterocycles. The number of ether oxygens (including phenoxy) is 2. The molecular formula is C20H21BrClNO4. The second-order valence-electron chi connectivity index (χ2n) is 6.00. The zero-order valence-corrected chi connectivity index (χ0v) is 17.7. The number of anilines is 1.